The van der Waals surface area contributed by atoms with Crippen molar-refractivity contribution in [3.63, 3.8) is 0 Å². The van der Waals surface area contributed by atoms with E-state index in [1.165, 1.54) is 42.7 Å². The highest BCUT2D eigenvalue weighted by Crippen LogP contribution is 2.35. The molecule has 0 aliphatic carbocycles. The fraction of sp³-hybridized carbons (Fsp3) is 0.276. The molecule has 1 atom stereocenters. The number of carbonyl (C=O) groups is 1. The van der Waals surface area contributed by atoms with Gasteiger partial charge in [-0.2, -0.15) is 10.4 Å². The first-order valence-electron chi connectivity index (χ1n) is 13.0. The van der Waals surface area contributed by atoms with Gasteiger partial charge >= 0.3 is 0 Å². The van der Waals surface area contributed by atoms with E-state index in [1.54, 1.807) is 35.6 Å². The molecule has 1 aliphatic heterocycles. The lowest BCUT2D eigenvalue weighted by Gasteiger charge is -2.25. The van der Waals surface area contributed by atoms with E-state index in [2.05, 4.69) is 15.1 Å². The van der Waals surface area contributed by atoms with Gasteiger partial charge in [-0.1, -0.05) is 6.07 Å². The summed E-state index contributed by atoms with van der Waals surface area (Å²) < 4.78 is 36.1. The van der Waals surface area contributed by atoms with Crippen molar-refractivity contribution in [1.82, 2.24) is 24.6 Å². The van der Waals surface area contributed by atoms with Crippen LogP contribution in [-0.4, -0.2) is 48.7 Å². The molecule has 0 bridgehead atoms. The number of aromatic nitrogens is 4. The Bertz CT molecular complexity index is 1700. The van der Waals surface area contributed by atoms with Crippen LogP contribution in [-0.2, 0) is 11.3 Å². The van der Waals surface area contributed by atoms with Crippen molar-refractivity contribution < 1.29 is 18.3 Å². The molecule has 5 rings (SSSR count). The van der Waals surface area contributed by atoms with Crippen molar-refractivity contribution in [2.75, 3.05) is 12.3 Å². The van der Waals surface area contributed by atoms with Crippen LogP contribution in [0, 0.1) is 23.0 Å². The maximum Gasteiger partial charge on any atom is 0.264 e. The quantitative estimate of drug-likeness (QED) is 0.252. The van der Waals surface area contributed by atoms with Crippen molar-refractivity contribution in [3.8, 4) is 28.8 Å². The topological polar surface area (TPSA) is 149 Å². The fourth-order valence-corrected chi connectivity index (χ4v) is 4.93. The average Bonchev–Trinajstić information content (AvgIpc) is 3.52. The Hall–Kier alpha value is -4.89. The molecule has 0 unspecified atom stereocenters. The highest BCUT2D eigenvalue weighted by atomic mass is 19.1. The number of nitrogen functional groups attached to an aromatic ring is 1. The minimum absolute atomic E-state index is 0.0235. The largest absolute Gasteiger partial charge is 0.457 e. The highest BCUT2D eigenvalue weighted by Gasteiger charge is 2.33. The van der Waals surface area contributed by atoms with E-state index in [4.69, 9.17) is 16.2 Å². The summed E-state index contributed by atoms with van der Waals surface area (Å²) in [5, 5.41) is 14.6. The van der Waals surface area contributed by atoms with Gasteiger partial charge in [-0.05, 0) is 57.0 Å². The summed E-state index contributed by atoms with van der Waals surface area (Å²) in [7, 11) is 0. The molecule has 0 spiro atoms. The molecule has 41 heavy (non-hydrogen) atoms. The van der Waals surface area contributed by atoms with Crippen LogP contribution in [0.3, 0.4) is 0 Å². The van der Waals surface area contributed by atoms with E-state index in [9.17, 15) is 14.4 Å². The Labute approximate surface area is 234 Å². The molecule has 2 aromatic carbocycles. The lowest BCUT2D eigenvalue weighted by Crippen LogP contribution is -2.40. The molecule has 1 aliphatic rings. The van der Waals surface area contributed by atoms with Crippen molar-refractivity contribution in [2.45, 2.75) is 44.8 Å². The molecule has 210 valence electrons. The molecule has 2 aromatic heterocycles. The number of nitrogens with zero attached hydrogens (tertiary/aromatic N) is 6. The molecule has 4 N–H and O–H groups in total. The molecule has 10 nitrogen and oxygen atoms in total. The monoisotopic (exact) mass is 558 g/mol. The van der Waals surface area contributed by atoms with E-state index >= 15 is 4.39 Å². The fourth-order valence-electron chi connectivity index (χ4n) is 4.93. The number of anilines is 1. The summed E-state index contributed by atoms with van der Waals surface area (Å²) in [5.41, 5.74) is 12.1. The van der Waals surface area contributed by atoms with Crippen molar-refractivity contribution in [3.05, 3.63) is 72.1 Å². The average molecular weight is 559 g/mol. The number of benzene rings is 2. The van der Waals surface area contributed by atoms with Gasteiger partial charge in [-0.25, -0.2) is 23.4 Å². The maximum atomic E-state index is 15.4. The SMILES string of the molecule is CC(C)(N)/C=C(/C#N)C(=O)N1CCC[C@H]1Cn1nc(-c2ccc(Oc3cccc(F)c3)cc2F)c2c(N)ncnc21. The van der Waals surface area contributed by atoms with Crippen LogP contribution in [0.15, 0.2) is 60.4 Å². The van der Waals surface area contributed by atoms with Crippen molar-refractivity contribution >= 4 is 22.8 Å². The van der Waals surface area contributed by atoms with Gasteiger partial charge in [0.2, 0.25) is 0 Å². The molecule has 1 fully saturated rings. The van der Waals surface area contributed by atoms with E-state index in [-0.39, 0.29) is 46.7 Å². The predicted molar refractivity (Wildman–Crippen MR) is 148 cm³/mol. The Morgan fingerprint density at radius 2 is 2.00 bits per heavy atom. The lowest BCUT2D eigenvalue weighted by molar-refractivity contribution is -0.127. The van der Waals surface area contributed by atoms with Gasteiger partial charge in [0.15, 0.2) is 5.65 Å². The lowest BCUT2D eigenvalue weighted by atomic mass is 10.0. The number of hydrogen-bond donors (Lipinski definition) is 2. The molecule has 1 amide bonds. The standard InChI is InChI=1S/C29H28F2N8O2/c1-29(2,34)13-17(14-32)28(40)38-10-4-6-19(38)15-39-27-24(26(33)35-16-36-27)25(37-39)22-9-8-21(12-23(22)31)41-20-7-3-5-18(30)11-20/h3,5,7-9,11-13,16,19H,4,6,10,15,34H2,1-2H3,(H2,33,35,36)/b17-13-/t19-/m0/s1. The van der Waals surface area contributed by atoms with Gasteiger partial charge in [-0.15, -0.1) is 0 Å². The summed E-state index contributed by atoms with van der Waals surface area (Å²) in [6.07, 6.45) is 4.17. The molecule has 0 radical (unpaired) electrons. The minimum atomic E-state index is -0.834. The van der Waals surface area contributed by atoms with E-state index < -0.39 is 23.1 Å². The zero-order chi connectivity index (χ0) is 29.3. The molecule has 12 heteroatoms. The van der Waals surface area contributed by atoms with Gasteiger partial charge < -0.3 is 21.1 Å². The number of likely N-dealkylation sites (tertiary alicyclic amines) is 1. The Kier molecular flexibility index (Phi) is 7.38. The molecule has 0 saturated carbocycles. The first kappa shape index (κ1) is 27.7. The molecule has 1 saturated heterocycles. The highest BCUT2D eigenvalue weighted by molar-refractivity contribution is 5.99. The summed E-state index contributed by atoms with van der Waals surface area (Å²) >= 11 is 0. The summed E-state index contributed by atoms with van der Waals surface area (Å²) in [5.74, 6) is -0.997. The van der Waals surface area contributed by atoms with Crippen LogP contribution in [0.4, 0.5) is 14.6 Å². The number of rotatable bonds is 7. The third-order valence-electron chi connectivity index (χ3n) is 6.67. The van der Waals surface area contributed by atoms with Gasteiger partial charge in [0, 0.05) is 29.8 Å². The first-order valence-corrected chi connectivity index (χ1v) is 13.0. The predicted octanol–water partition coefficient (Wildman–Crippen LogP) is 4.32. The molecular formula is C29H28F2N8O2. The third kappa shape index (κ3) is 5.85. The van der Waals surface area contributed by atoms with E-state index in [0.29, 0.717) is 24.0 Å². The number of amides is 1. The number of nitriles is 1. The molecule has 3 heterocycles. The number of carbonyl (C=O) groups excluding carboxylic acids is 1. The zero-order valence-electron chi connectivity index (χ0n) is 22.5. The maximum absolute atomic E-state index is 15.4. The van der Waals surface area contributed by atoms with Crippen LogP contribution in [0.25, 0.3) is 22.3 Å². The van der Waals surface area contributed by atoms with Gasteiger partial charge in [0.05, 0.1) is 18.0 Å². The van der Waals surface area contributed by atoms with E-state index in [0.717, 1.165) is 6.42 Å². The van der Waals surface area contributed by atoms with E-state index in [1.807, 2.05) is 6.07 Å². The summed E-state index contributed by atoms with van der Waals surface area (Å²) in [6.45, 7) is 4.13. The Balaban J connectivity index is 1.47. The second kappa shape index (κ2) is 10.9. The minimum Gasteiger partial charge on any atom is -0.457 e. The number of hydrogen-bond acceptors (Lipinski definition) is 8. The second-order valence-electron chi connectivity index (χ2n) is 10.5. The second-order valence-corrected chi connectivity index (χ2v) is 10.5. The zero-order valence-corrected chi connectivity index (χ0v) is 22.5. The van der Waals surface area contributed by atoms with Crippen LogP contribution in [0.2, 0.25) is 0 Å². The van der Waals surface area contributed by atoms with Crippen LogP contribution in [0.5, 0.6) is 11.5 Å². The Morgan fingerprint density at radius 3 is 2.71 bits per heavy atom. The van der Waals surface area contributed by atoms with Crippen LogP contribution in [0.1, 0.15) is 26.7 Å². The smallest absolute Gasteiger partial charge is 0.264 e. The number of ether oxygens (including phenoxy) is 1. The first-order chi connectivity index (χ1) is 19.5. The molecular weight excluding hydrogens is 530 g/mol. The number of halogens is 2. The van der Waals surface area contributed by atoms with Crippen LogP contribution >= 0.6 is 0 Å². The Morgan fingerprint density at radius 1 is 1.22 bits per heavy atom. The molecule has 4 aromatic rings. The normalized spacial score (nSPS) is 15.8. The van der Waals surface area contributed by atoms with Crippen LogP contribution < -0.4 is 16.2 Å². The van der Waals surface area contributed by atoms with Crippen molar-refractivity contribution in [2.24, 2.45) is 5.73 Å². The summed E-state index contributed by atoms with van der Waals surface area (Å²) in [4.78, 5) is 23.3. The van der Waals surface area contributed by atoms with Gasteiger partial charge in [0.1, 0.15) is 52.6 Å². The van der Waals surface area contributed by atoms with Crippen molar-refractivity contribution in [1.29, 1.82) is 5.26 Å². The van der Waals surface area contributed by atoms with Gasteiger partial charge in [-0.3, -0.25) is 4.79 Å². The van der Waals surface area contributed by atoms with Gasteiger partial charge in [0.25, 0.3) is 5.91 Å². The third-order valence-corrected chi connectivity index (χ3v) is 6.67. The summed E-state index contributed by atoms with van der Waals surface area (Å²) in [6, 6.07) is 11.4. The number of nitrogens with two attached hydrogens (primary N) is 2. The number of fused-ring (bicyclic) bond motifs is 1.